The predicted octanol–water partition coefficient (Wildman–Crippen LogP) is 2.63. The summed E-state index contributed by atoms with van der Waals surface area (Å²) in [5.41, 5.74) is 1.13. The largest absolute Gasteiger partial charge is 0.454 e. The molecular formula is C18H26F3IN4O2. The monoisotopic (exact) mass is 514 g/mol. The molecule has 158 valence electrons. The number of hydrogen-bond acceptors (Lipinski definition) is 4. The Labute approximate surface area is 179 Å². The highest BCUT2D eigenvalue weighted by Gasteiger charge is 2.34. The van der Waals surface area contributed by atoms with E-state index in [1.807, 2.05) is 18.2 Å². The Kier molecular flexibility index (Phi) is 8.47. The number of benzene rings is 1. The summed E-state index contributed by atoms with van der Waals surface area (Å²) in [6.07, 6.45) is -2.58. The standard InChI is InChI=1S/C18H25F3N4O2.HI/c1-22-17(24-9-14-5-7-25(10-14)11-18(19,20)21)23-6-4-13-2-3-15-16(8-13)27-12-26-15;/h2-3,8,14H,4-7,9-12H2,1H3,(H2,22,23,24);1H. The zero-order valence-electron chi connectivity index (χ0n) is 15.7. The maximum absolute atomic E-state index is 12.5. The minimum atomic E-state index is -4.13. The third-order valence-corrected chi connectivity index (χ3v) is 4.70. The lowest BCUT2D eigenvalue weighted by Crippen LogP contribution is -2.41. The molecule has 2 heterocycles. The third-order valence-electron chi connectivity index (χ3n) is 4.70. The van der Waals surface area contributed by atoms with E-state index in [4.69, 9.17) is 9.47 Å². The van der Waals surface area contributed by atoms with Gasteiger partial charge in [0.05, 0.1) is 6.54 Å². The van der Waals surface area contributed by atoms with Crippen molar-refractivity contribution in [3.8, 4) is 11.5 Å². The van der Waals surface area contributed by atoms with Crippen molar-refractivity contribution in [1.82, 2.24) is 15.5 Å². The fourth-order valence-corrected chi connectivity index (χ4v) is 3.36. The number of halogens is 4. The number of alkyl halides is 3. The topological polar surface area (TPSA) is 58.1 Å². The Balaban J connectivity index is 0.00000280. The molecule has 10 heteroatoms. The number of nitrogens with zero attached hydrogens (tertiary/aromatic N) is 2. The van der Waals surface area contributed by atoms with Crippen molar-refractivity contribution >= 4 is 29.9 Å². The molecule has 2 aliphatic heterocycles. The predicted molar refractivity (Wildman–Crippen MR) is 112 cm³/mol. The fraction of sp³-hybridized carbons (Fsp3) is 0.611. The van der Waals surface area contributed by atoms with E-state index >= 15 is 0 Å². The number of guanidine groups is 1. The molecule has 1 unspecified atom stereocenters. The average Bonchev–Trinajstić information content (AvgIpc) is 3.25. The first-order valence-corrected chi connectivity index (χ1v) is 9.05. The van der Waals surface area contributed by atoms with Crippen molar-refractivity contribution in [3.05, 3.63) is 23.8 Å². The van der Waals surface area contributed by atoms with Crippen molar-refractivity contribution in [1.29, 1.82) is 0 Å². The highest BCUT2D eigenvalue weighted by atomic mass is 127. The Hall–Kier alpha value is -1.43. The summed E-state index contributed by atoms with van der Waals surface area (Å²) in [7, 11) is 1.68. The van der Waals surface area contributed by atoms with Gasteiger partial charge in [-0.2, -0.15) is 13.2 Å². The Morgan fingerprint density at radius 3 is 2.79 bits per heavy atom. The van der Waals surface area contributed by atoms with E-state index in [1.165, 1.54) is 4.90 Å². The van der Waals surface area contributed by atoms with Crippen LogP contribution in [0.25, 0.3) is 0 Å². The van der Waals surface area contributed by atoms with Crippen molar-refractivity contribution in [2.75, 3.05) is 46.6 Å². The van der Waals surface area contributed by atoms with Crippen LogP contribution in [-0.2, 0) is 6.42 Å². The summed E-state index contributed by atoms with van der Waals surface area (Å²) in [6, 6.07) is 5.87. The molecule has 0 aromatic heterocycles. The second kappa shape index (κ2) is 10.4. The molecule has 1 saturated heterocycles. The number of likely N-dealkylation sites (tertiary alicyclic amines) is 1. The maximum Gasteiger partial charge on any atom is 0.401 e. The van der Waals surface area contributed by atoms with E-state index < -0.39 is 12.7 Å². The van der Waals surface area contributed by atoms with Crippen LogP contribution in [0.1, 0.15) is 12.0 Å². The lowest BCUT2D eigenvalue weighted by atomic mass is 10.1. The van der Waals surface area contributed by atoms with Crippen LogP contribution in [0.15, 0.2) is 23.2 Å². The molecule has 1 atom stereocenters. The van der Waals surface area contributed by atoms with E-state index in [0.29, 0.717) is 32.1 Å². The molecule has 0 bridgehead atoms. The van der Waals surface area contributed by atoms with E-state index in [0.717, 1.165) is 29.9 Å². The summed E-state index contributed by atoms with van der Waals surface area (Å²) < 4.78 is 48.0. The van der Waals surface area contributed by atoms with Crippen LogP contribution >= 0.6 is 24.0 Å². The molecule has 1 aromatic carbocycles. The fourth-order valence-electron chi connectivity index (χ4n) is 3.36. The van der Waals surface area contributed by atoms with E-state index in [-0.39, 0.29) is 36.7 Å². The first kappa shape index (κ1) is 22.9. The molecule has 1 aromatic rings. The first-order chi connectivity index (χ1) is 12.9. The lowest BCUT2D eigenvalue weighted by molar-refractivity contribution is -0.143. The van der Waals surface area contributed by atoms with Gasteiger partial charge in [0.2, 0.25) is 6.79 Å². The molecule has 0 radical (unpaired) electrons. The van der Waals surface area contributed by atoms with Gasteiger partial charge in [0.15, 0.2) is 17.5 Å². The highest BCUT2D eigenvalue weighted by Crippen LogP contribution is 2.32. The van der Waals surface area contributed by atoms with Crippen molar-refractivity contribution < 1.29 is 22.6 Å². The van der Waals surface area contributed by atoms with Gasteiger partial charge in [-0.1, -0.05) is 6.07 Å². The molecule has 6 nitrogen and oxygen atoms in total. The molecule has 0 amide bonds. The van der Waals surface area contributed by atoms with Crippen LogP contribution in [0, 0.1) is 5.92 Å². The summed E-state index contributed by atoms with van der Waals surface area (Å²) in [4.78, 5) is 5.63. The van der Waals surface area contributed by atoms with Crippen molar-refractivity contribution in [3.63, 3.8) is 0 Å². The number of ether oxygens (including phenoxy) is 2. The molecule has 3 rings (SSSR count). The van der Waals surface area contributed by atoms with Crippen molar-refractivity contribution in [2.45, 2.75) is 19.0 Å². The summed E-state index contributed by atoms with van der Waals surface area (Å²) in [5, 5.41) is 6.44. The second-order valence-electron chi connectivity index (χ2n) is 6.82. The number of rotatable bonds is 6. The molecule has 0 spiro atoms. The Morgan fingerprint density at radius 2 is 2.04 bits per heavy atom. The lowest BCUT2D eigenvalue weighted by Gasteiger charge is -2.18. The van der Waals surface area contributed by atoms with Crippen LogP contribution in [0.4, 0.5) is 13.2 Å². The van der Waals surface area contributed by atoms with Gasteiger partial charge in [0.25, 0.3) is 0 Å². The molecule has 0 aliphatic carbocycles. The number of hydrogen-bond donors (Lipinski definition) is 2. The van der Waals surface area contributed by atoms with E-state index in [2.05, 4.69) is 15.6 Å². The summed E-state index contributed by atoms with van der Waals surface area (Å²) in [6.45, 7) is 1.67. The van der Waals surface area contributed by atoms with Crippen molar-refractivity contribution in [2.24, 2.45) is 10.9 Å². The van der Waals surface area contributed by atoms with Gasteiger partial charge in [-0.15, -0.1) is 24.0 Å². The molecule has 1 fully saturated rings. The Morgan fingerprint density at radius 1 is 1.25 bits per heavy atom. The zero-order valence-corrected chi connectivity index (χ0v) is 18.0. The number of aliphatic imine (C=N–C) groups is 1. The third kappa shape index (κ3) is 6.87. The molecule has 2 N–H and O–H groups in total. The van der Waals surface area contributed by atoms with Gasteiger partial charge in [0, 0.05) is 26.7 Å². The quantitative estimate of drug-likeness (QED) is 0.348. The number of nitrogens with one attached hydrogen (secondary N) is 2. The van der Waals surface area contributed by atoms with E-state index in [1.54, 1.807) is 7.05 Å². The van der Waals surface area contributed by atoms with Crippen LogP contribution in [0.5, 0.6) is 11.5 Å². The van der Waals surface area contributed by atoms with Gasteiger partial charge < -0.3 is 20.1 Å². The first-order valence-electron chi connectivity index (χ1n) is 9.05. The SMILES string of the molecule is CN=C(NCCc1ccc2c(c1)OCO2)NCC1CCN(CC(F)(F)F)C1.I. The van der Waals surface area contributed by atoms with Crippen LogP contribution < -0.4 is 20.1 Å². The smallest absolute Gasteiger partial charge is 0.401 e. The minimum absolute atomic E-state index is 0. The molecular weight excluding hydrogens is 488 g/mol. The minimum Gasteiger partial charge on any atom is -0.454 e. The maximum atomic E-state index is 12.5. The van der Waals surface area contributed by atoms with E-state index in [9.17, 15) is 13.2 Å². The average molecular weight is 514 g/mol. The van der Waals surface area contributed by atoms with Crippen LogP contribution in [0.2, 0.25) is 0 Å². The molecule has 0 saturated carbocycles. The van der Waals surface area contributed by atoms with Gasteiger partial charge in [-0.3, -0.25) is 9.89 Å². The summed E-state index contributed by atoms with van der Waals surface area (Å²) in [5.74, 6) is 2.38. The highest BCUT2D eigenvalue weighted by molar-refractivity contribution is 14.0. The second-order valence-corrected chi connectivity index (χ2v) is 6.82. The van der Waals surface area contributed by atoms with Gasteiger partial charge in [-0.25, -0.2) is 0 Å². The zero-order chi connectivity index (χ0) is 19.3. The van der Waals surface area contributed by atoms with Crippen LogP contribution in [0.3, 0.4) is 0 Å². The molecule has 28 heavy (non-hydrogen) atoms. The Bertz CT molecular complexity index is 673. The summed E-state index contributed by atoms with van der Waals surface area (Å²) >= 11 is 0. The van der Waals surface area contributed by atoms with Gasteiger partial charge in [0.1, 0.15) is 0 Å². The number of fused-ring (bicyclic) bond motifs is 1. The van der Waals surface area contributed by atoms with Crippen LogP contribution in [-0.4, -0.2) is 63.6 Å². The van der Waals surface area contributed by atoms with Gasteiger partial charge in [-0.05, 0) is 43.0 Å². The molecule has 2 aliphatic rings. The normalized spacial score (nSPS) is 19.4. The van der Waals surface area contributed by atoms with Gasteiger partial charge >= 0.3 is 6.18 Å².